The molecule has 0 fully saturated rings. The molecule has 3 nitrogen and oxygen atoms in total. The van der Waals surface area contributed by atoms with E-state index in [1.165, 1.54) is 17.8 Å². The Morgan fingerprint density at radius 2 is 2.07 bits per heavy atom. The van der Waals surface area contributed by atoms with Gasteiger partial charge >= 0.3 is 0 Å². The van der Waals surface area contributed by atoms with Gasteiger partial charge in [-0.15, -0.1) is 11.8 Å². The van der Waals surface area contributed by atoms with Crippen LogP contribution in [0.25, 0.3) is 0 Å². The lowest BCUT2D eigenvalue weighted by molar-refractivity contribution is 0.597. The molecule has 5 heteroatoms. The van der Waals surface area contributed by atoms with Crippen LogP contribution in [-0.2, 0) is 9.84 Å². The minimum atomic E-state index is -3.13. The summed E-state index contributed by atoms with van der Waals surface area (Å²) in [6.07, 6.45) is 1.90. The zero-order chi connectivity index (χ0) is 10.8. The minimum absolute atomic E-state index is 0.102. The molecule has 0 saturated heterocycles. The Hall–Kier alpha value is -0.680. The third-order valence-corrected chi connectivity index (χ3v) is 4.48. The molecular weight excluding hydrogens is 218 g/mol. The summed E-state index contributed by atoms with van der Waals surface area (Å²) in [5.41, 5.74) is 6.22. The van der Waals surface area contributed by atoms with Crippen molar-refractivity contribution >= 4 is 27.3 Å². The van der Waals surface area contributed by atoms with Crippen molar-refractivity contribution in [1.29, 1.82) is 0 Å². The lowest BCUT2D eigenvalue weighted by atomic mass is 10.3. The number of rotatable bonds is 3. The van der Waals surface area contributed by atoms with Crippen LogP contribution < -0.4 is 5.73 Å². The normalized spacial score (nSPS) is 11.6. The van der Waals surface area contributed by atoms with Crippen molar-refractivity contribution in [1.82, 2.24) is 0 Å². The highest BCUT2D eigenvalue weighted by Gasteiger charge is 2.12. The van der Waals surface area contributed by atoms with E-state index in [2.05, 4.69) is 0 Å². The van der Waals surface area contributed by atoms with E-state index >= 15 is 0 Å². The Labute approximate surface area is 88.6 Å². The predicted molar refractivity (Wildman–Crippen MR) is 60.4 cm³/mol. The SMILES string of the molecule is CCS(=O)(=O)c1ccc(SC)c(N)c1. The van der Waals surface area contributed by atoms with Crippen molar-refractivity contribution < 1.29 is 8.42 Å². The molecule has 0 saturated carbocycles. The summed E-state index contributed by atoms with van der Waals surface area (Å²) in [5, 5.41) is 0. The Balaban J connectivity index is 3.22. The Kier molecular flexibility index (Phi) is 3.44. The average molecular weight is 231 g/mol. The van der Waals surface area contributed by atoms with Crippen LogP contribution in [0.5, 0.6) is 0 Å². The van der Waals surface area contributed by atoms with Crippen LogP contribution >= 0.6 is 11.8 Å². The summed E-state index contributed by atoms with van der Waals surface area (Å²) in [4.78, 5) is 1.20. The van der Waals surface area contributed by atoms with Gasteiger partial charge in [-0.1, -0.05) is 6.92 Å². The average Bonchev–Trinajstić information content (AvgIpc) is 2.17. The summed E-state index contributed by atoms with van der Waals surface area (Å²) in [6, 6.07) is 4.86. The maximum absolute atomic E-state index is 11.5. The molecule has 0 atom stereocenters. The molecule has 0 amide bonds. The number of nitrogens with two attached hydrogens (primary N) is 1. The van der Waals surface area contributed by atoms with Gasteiger partial charge in [0.05, 0.1) is 10.6 Å². The van der Waals surface area contributed by atoms with Crippen LogP contribution in [0.3, 0.4) is 0 Å². The van der Waals surface area contributed by atoms with E-state index in [1.54, 1.807) is 19.1 Å². The van der Waals surface area contributed by atoms with E-state index in [0.29, 0.717) is 10.6 Å². The summed E-state index contributed by atoms with van der Waals surface area (Å²) in [7, 11) is -3.13. The lowest BCUT2D eigenvalue weighted by Crippen LogP contribution is -2.04. The molecule has 2 N–H and O–H groups in total. The van der Waals surface area contributed by atoms with Crippen LogP contribution in [0, 0.1) is 0 Å². The molecule has 0 bridgehead atoms. The summed E-state index contributed by atoms with van der Waals surface area (Å²) in [5.74, 6) is 0.102. The van der Waals surface area contributed by atoms with Gasteiger partial charge in [0.15, 0.2) is 9.84 Å². The monoisotopic (exact) mass is 231 g/mol. The number of hydrogen-bond donors (Lipinski definition) is 1. The second-order valence-electron chi connectivity index (χ2n) is 2.81. The Bertz CT molecular complexity index is 426. The molecule has 0 spiro atoms. The second-order valence-corrected chi connectivity index (χ2v) is 5.93. The first kappa shape index (κ1) is 11.4. The van der Waals surface area contributed by atoms with Gasteiger partial charge in [0, 0.05) is 10.6 Å². The van der Waals surface area contributed by atoms with Crippen LogP contribution in [0.1, 0.15) is 6.92 Å². The molecule has 1 rings (SSSR count). The lowest BCUT2D eigenvalue weighted by Gasteiger charge is -2.05. The van der Waals surface area contributed by atoms with E-state index in [1.807, 2.05) is 6.26 Å². The van der Waals surface area contributed by atoms with Crippen LogP contribution in [0.4, 0.5) is 5.69 Å². The highest BCUT2D eigenvalue weighted by atomic mass is 32.2. The second kappa shape index (κ2) is 4.23. The number of hydrogen-bond acceptors (Lipinski definition) is 4. The third-order valence-electron chi connectivity index (χ3n) is 1.94. The summed E-state index contributed by atoms with van der Waals surface area (Å²) in [6.45, 7) is 1.62. The number of thioether (sulfide) groups is 1. The predicted octanol–water partition coefficient (Wildman–Crippen LogP) is 1.78. The van der Waals surface area contributed by atoms with Gasteiger partial charge < -0.3 is 5.73 Å². The molecule has 78 valence electrons. The standard InChI is InChI=1S/C9H13NO2S2/c1-3-14(11,12)7-4-5-9(13-2)8(10)6-7/h4-6H,3,10H2,1-2H3. The summed E-state index contributed by atoms with van der Waals surface area (Å²) < 4.78 is 23.0. The first-order valence-corrected chi connectivity index (χ1v) is 7.05. The topological polar surface area (TPSA) is 60.2 Å². The molecule has 0 radical (unpaired) electrons. The summed E-state index contributed by atoms with van der Waals surface area (Å²) >= 11 is 1.50. The Morgan fingerprint density at radius 3 is 2.50 bits per heavy atom. The molecule has 0 aromatic heterocycles. The van der Waals surface area contributed by atoms with E-state index in [4.69, 9.17) is 5.73 Å². The van der Waals surface area contributed by atoms with E-state index in [9.17, 15) is 8.42 Å². The Morgan fingerprint density at radius 1 is 1.43 bits per heavy atom. The molecule has 1 aromatic rings. The number of sulfone groups is 1. The van der Waals surface area contributed by atoms with E-state index in [0.717, 1.165) is 4.90 Å². The molecule has 0 unspecified atom stereocenters. The minimum Gasteiger partial charge on any atom is -0.398 e. The molecule has 0 heterocycles. The maximum Gasteiger partial charge on any atom is 0.178 e. The van der Waals surface area contributed by atoms with Crippen molar-refractivity contribution in [3.63, 3.8) is 0 Å². The van der Waals surface area contributed by atoms with Crippen molar-refractivity contribution in [2.75, 3.05) is 17.7 Å². The van der Waals surface area contributed by atoms with Gasteiger partial charge in [-0.05, 0) is 24.5 Å². The largest absolute Gasteiger partial charge is 0.398 e. The molecular formula is C9H13NO2S2. The van der Waals surface area contributed by atoms with Crippen molar-refractivity contribution in [3.8, 4) is 0 Å². The molecule has 1 aromatic carbocycles. The highest BCUT2D eigenvalue weighted by Crippen LogP contribution is 2.25. The van der Waals surface area contributed by atoms with Crippen molar-refractivity contribution in [2.45, 2.75) is 16.7 Å². The number of benzene rings is 1. The van der Waals surface area contributed by atoms with Crippen LogP contribution in [0.15, 0.2) is 28.0 Å². The molecule has 14 heavy (non-hydrogen) atoms. The quantitative estimate of drug-likeness (QED) is 0.636. The van der Waals surface area contributed by atoms with Crippen molar-refractivity contribution in [3.05, 3.63) is 18.2 Å². The molecule has 0 aliphatic rings. The maximum atomic E-state index is 11.5. The fourth-order valence-electron chi connectivity index (χ4n) is 1.07. The fraction of sp³-hybridized carbons (Fsp3) is 0.333. The fourth-order valence-corrected chi connectivity index (χ4v) is 2.49. The molecule has 0 aliphatic heterocycles. The third kappa shape index (κ3) is 2.22. The van der Waals surface area contributed by atoms with Gasteiger partial charge in [0.2, 0.25) is 0 Å². The van der Waals surface area contributed by atoms with Gasteiger partial charge in [-0.2, -0.15) is 0 Å². The van der Waals surface area contributed by atoms with Gasteiger partial charge in [0.1, 0.15) is 0 Å². The van der Waals surface area contributed by atoms with Gasteiger partial charge in [0.25, 0.3) is 0 Å². The van der Waals surface area contributed by atoms with E-state index in [-0.39, 0.29) is 5.75 Å². The zero-order valence-electron chi connectivity index (χ0n) is 8.15. The first-order valence-electron chi connectivity index (χ1n) is 4.17. The van der Waals surface area contributed by atoms with Crippen LogP contribution in [0.2, 0.25) is 0 Å². The number of nitrogen functional groups attached to an aromatic ring is 1. The van der Waals surface area contributed by atoms with Crippen molar-refractivity contribution in [2.24, 2.45) is 0 Å². The van der Waals surface area contributed by atoms with Gasteiger partial charge in [-0.25, -0.2) is 8.42 Å². The first-order chi connectivity index (χ1) is 6.51. The smallest absolute Gasteiger partial charge is 0.178 e. The van der Waals surface area contributed by atoms with Gasteiger partial charge in [-0.3, -0.25) is 0 Å². The molecule has 0 aliphatic carbocycles. The van der Waals surface area contributed by atoms with E-state index < -0.39 is 9.84 Å². The number of anilines is 1. The highest BCUT2D eigenvalue weighted by molar-refractivity contribution is 7.98. The van der Waals surface area contributed by atoms with Crippen LogP contribution in [-0.4, -0.2) is 20.4 Å². The zero-order valence-corrected chi connectivity index (χ0v) is 9.78.